The molecule has 0 spiro atoms. The molecule has 1 aliphatic rings. The van der Waals surface area contributed by atoms with Crippen LogP contribution in [0.2, 0.25) is 0 Å². The van der Waals surface area contributed by atoms with Crippen molar-refractivity contribution >= 4 is 11.9 Å². The predicted molar refractivity (Wildman–Crippen MR) is 61.9 cm³/mol. The van der Waals surface area contributed by atoms with Crippen LogP contribution in [0.25, 0.3) is 0 Å². The molecule has 16 heavy (non-hydrogen) atoms. The maximum atomic E-state index is 11.6. The van der Waals surface area contributed by atoms with E-state index in [2.05, 4.69) is 5.32 Å². The Kier molecular flexibility index (Phi) is 5.85. The van der Waals surface area contributed by atoms with Crippen LogP contribution in [0.1, 0.15) is 38.5 Å². The number of hydrogen-bond donors (Lipinski definition) is 2. The zero-order chi connectivity index (χ0) is 11.8. The van der Waals surface area contributed by atoms with Crippen molar-refractivity contribution in [2.24, 2.45) is 5.73 Å². The highest BCUT2D eigenvalue weighted by molar-refractivity contribution is 5.94. The van der Waals surface area contributed by atoms with Crippen molar-refractivity contribution in [3.63, 3.8) is 0 Å². The molecule has 92 valence electrons. The molecule has 0 aliphatic carbocycles. The Bertz CT molecular complexity index is 237. The van der Waals surface area contributed by atoms with E-state index < -0.39 is 0 Å². The average Bonchev–Trinajstić information content (AvgIpc) is 2.30. The molecule has 3 amide bonds. The van der Waals surface area contributed by atoms with Crippen molar-refractivity contribution in [3.8, 4) is 0 Å². The molecule has 1 rings (SSSR count). The van der Waals surface area contributed by atoms with Gasteiger partial charge in [0.15, 0.2) is 0 Å². The summed E-state index contributed by atoms with van der Waals surface area (Å²) >= 11 is 0. The summed E-state index contributed by atoms with van der Waals surface area (Å²) in [6.45, 7) is 2.12. The first-order valence-electron chi connectivity index (χ1n) is 6.03. The van der Waals surface area contributed by atoms with Gasteiger partial charge < -0.3 is 10.6 Å². The van der Waals surface area contributed by atoms with E-state index in [1.165, 1.54) is 6.42 Å². The zero-order valence-electron chi connectivity index (χ0n) is 9.71. The number of amides is 3. The van der Waals surface area contributed by atoms with Crippen LogP contribution in [-0.4, -0.2) is 36.5 Å². The molecule has 3 N–H and O–H groups in total. The fourth-order valence-corrected chi connectivity index (χ4v) is 1.79. The summed E-state index contributed by atoms with van der Waals surface area (Å²) in [5.74, 6) is -0.191. The van der Waals surface area contributed by atoms with E-state index in [4.69, 9.17) is 5.73 Å². The largest absolute Gasteiger partial charge is 0.330 e. The number of hydrogen-bond acceptors (Lipinski definition) is 3. The van der Waals surface area contributed by atoms with E-state index in [0.717, 1.165) is 38.8 Å². The normalized spacial score (nSPS) is 15.9. The molecule has 0 bridgehead atoms. The van der Waals surface area contributed by atoms with Crippen LogP contribution in [0.15, 0.2) is 0 Å². The average molecular weight is 227 g/mol. The second-order valence-electron chi connectivity index (χ2n) is 4.15. The van der Waals surface area contributed by atoms with Gasteiger partial charge in [0.05, 0.1) is 0 Å². The minimum absolute atomic E-state index is 0.191. The third kappa shape index (κ3) is 4.61. The van der Waals surface area contributed by atoms with Gasteiger partial charge in [0, 0.05) is 19.5 Å². The number of nitrogens with zero attached hydrogens (tertiary/aromatic N) is 1. The smallest absolute Gasteiger partial charge is 0.324 e. The first kappa shape index (κ1) is 13.0. The molecule has 1 fully saturated rings. The number of carbonyl (C=O) groups is 2. The third-order valence-corrected chi connectivity index (χ3v) is 2.75. The van der Waals surface area contributed by atoms with Crippen molar-refractivity contribution < 1.29 is 9.59 Å². The van der Waals surface area contributed by atoms with Gasteiger partial charge in [-0.1, -0.05) is 0 Å². The fourth-order valence-electron chi connectivity index (χ4n) is 1.79. The Morgan fingerprint density at radius 1 is 1.12 bits per heavy atom. The van der Waals surface area contributed by atoms with Crippen molar-refractivity contribution in [3.05, 3.63) is 0 Å². The minimum atomic E-state index is -0.238. The first-order chi connectivity index (χ1) is 7.74. The summed E-state index contributed by atoms with van der Waals surface area (Å²) in [4.78, 5) is 24.7. The Morgan fingerprint density at radius 2 is 1.81 bits per heavy atom. The van der Waals surface area contributed by atoms with Crippen LogP contribution in [-0.2, 0) is 4.79 Å². The van der Waals surface area contributed by atoms with Crippen LogP contribution in [0, 0.1) is 0 Å². The Morgan fingerprint density at radius 3 is 2.44 bits per heavy atom. The van der Waals surface area contributed by atoms with Crippen LogP contribution in [0.4, 0.5) is 4.79 Å². The van der Waals surface area contributed by atoms with Crippen LogP contribution in [0.3, 0.4) is 0 Å². The van der Waals surface area contributed by atoms with Gasteiger partial charge in [-0.15, -0.1) is 0 Å². The number of carbonyl (C=O) groups excluding carboxylic acids is 2. The van der Waals surface area contributed by atoms with E-state index in [9.17, 15) is 9.59 Å². The Labute approximate surface area is 96.4 Å². The number of nitrogens with one attached hydrogen (secondary N) is 1. The molecular weight excluding hydrogens is 206 g/mol. The second kappa shape index (κ2) is 7.22. The van der Waals surface area contributed by atoms with Gasteiger partial charge in [0.2, 0.25) is 5.91 Å². The fraction of sp³-hybridized carbons (Fsp3) is 0.818. The molecule has 1 aliphatic heterocycles. The minimum Gasteiger partial charge on any atom is -0.330 e. The maximum absolute atomic E-state index is 11.6. The lowest BCUT2D eigenvalue weighted by molar-refractivity contribution is -0.120. The van der Waals surface area contributed by atoms with Crippen molar-refractivity contribution in [1.29, 1.82) is 0 Å². The van der Waals surface area contributed by atoms with E-state index in [-0.39, 0.29) is 11.9 Å². The molecular formula is C11H21N3O2. The summed E-state index contributed by atoms with van der Waals surface area (Å²) in [5.41, 5.74) is 5.33. The van der Waals surface area contributed by atoms with Gasteiger partial charge in [-0.3, -0.25) is 10.1 Å². The van der Waals surface area contributed by atoms with E-state index >= 15 is 0 Å². The van der Waals surface area contributed by atoms with Gasteiger partial charge in [0.25, 0.3) is 0 Å². The van der Waals surface area contributed by atoms with E-state index in [1.807, 2.05) is 0 Å². The van der Waals surface area contributed by atoms with E-state index in [0.29, 0.717) is 13.0 Å². The van der Waals surface area contributed by atoms with E-state index in [1.54, 1.807) is 4.90 Å². The Balaban J connectivity index is 2.19. The number of imide groups is 1. The molecule has 0 radical (unpaired) electrons. The number of nitrogens with two attached hydrogens (primary N) is 1. The summed E-state index contributed by atoms with van der Waals surface area (Å²) in [7, 11) is 0. The summed E-state index contributed by atoms with van der Waals surface area (Å²) in [6.07, 6.45) is 5.20. The first-order valence-corrected chi connectivity index (χ1v) is 6.03. The summed E-state index contributed by atoms with van der Waals surface area (Å²) in [5, 5.41) is 2.42. The third-order valence-electron chi connectivity index (χ3n) is 2.75. The number of likely N-dealkylation sites (tertiary alicyclic amines) is 1. The molecule has 0 saturated carbocycles. The molecule has 0 atom stereocenters. The molecule has 0 aromatic rings. The predicted octanol–water partition coefficient (Wildman–Crippen LogP) is 0.837. The SMILES string of the molecule is NCCCCC(=O)NC(=O)N1CCCCC1. The van der Waals surface area contributed by atoms with Gasteiger partial charge in [-0.05, 0) is 38.6 Å². The molecule has 5 nitrogen and oxygen atoms in total. The van der Waals surface area contributed by atoms with Crippen LogP contribution in [0.5, 0.6) is 0 Å². The lowest BCUT2D eigenvalue weighted by atomic mass is 10.1. The number of urea groups is 1. The van der Waals surface area contributed by atoms with Crippen molar-refractivity contribution in [2.75, 3.05) is 19.6 Å². The monoisotopic (exact) mass is 227 g/mol. The van der Waals surface area contributed by atoms with Gasteiger partial charge in [-0.25, -0.2) is 4.79 Å². The van der Waals surface area contributed by atoms with Crippen LogP contribution < -0.4 is 11.1 Å². The molecule has 0 unspecified atom stereocenters. The summed E-state index contributed by atoms with van der Waals surface area (Å²) in [6, 6.07) is -0.238. The summed E-state index contributed by atoms with van der Waals surface area (Å²) < 4.78 is 0. The molecule has 1 heterocycles. The second-order valence-corrected chi connectivity index (χ2v) is 4.15. The highest BCUT2D eigenvalue weighted by Crippen LogP contribution is 2.08. The lowest BCUT2D eigenvalue weighted by Gasteiger charge is -2.26. The van der Waals surface area contributed by atoms with Gasteiger partial charge >= 0.3 is 6.03 Å². The quantitative estimate of drug-likeness (QED) is 0.699. The highest BCUT2D eigenvalue weighted by atomic mass is 16.2. The van der Waals surface area contributed by atoms with Crippen molar-refractivity contribution in [1.82, 2.24) is 10.2 Å². The maximum Gasteiger partial charge on any atom is 0.324 e. The van der Waals surface area contributed by atoms with Gasteiger partial charge in [-0.2, -0.15) is 0 Å². The molecule has 5 heteroatoms. The van der Waals surface area contributed by atoms with Crippen molar-refractivity contribution in [2.45, 2.75) is 38.5 Å². The number of rotatable bonds is 4. The lowest BCUT2D eigenvalue weighted by Crippen LogP contribution is -2.45. The molecule has 0 aromatic carbocycles. The zero-order valence-corrected chi connectivity index (χ0v) is 9.71. The topological polar surface area (TPSA) is 75.4 Å². The molecule has 0 aromatic heterocycles. The number of piperidine rings is 1. The standard InChI is InChI=1S/C11H21N3O2/c12-7-3-2-6-10(15)13-11(16)14-8-4-1-5-9-14/h1-9,12H2,(H,13,15,16). The van der Waals surface area contributed by atoms with Gasteiger partial charge in [0.1, 0.15) is 0 Å². The molecule has 1 saturated heterocycles. The Hall–Kier alpha value is -1.10. The van der Waals surface area contributed by atoms with Crippen LogP contribution >= 0.6 is 0 Å². The highest BCUT2D eigenvalue weighted by Gasteiger charge is 2.17. The number of unbranched alkanes of at least 4 members (excludes halogenated alkanes) is 1.